The van der Waals surface area contributed by atoms with E-state index < -0.39 is 0 Å². The molecule has 9 rings (SSSR count). The van der Waals surface area contributed by atoms with Crippen LogP contribution in [-0.4, -0.2) is 15.0 Å². The maximum absolute atomic E-state index is 4.80. The molecule has 0 bridgehead atoms. The van der Waals surface area contributed by atoms with E-state index in [-0.39, 0.29) is 47.2 Å². The molecule has 6 aromatic carbocycles. The average molecular weight is 1160 g/mol. The van der Waals surface area contributed by atoms with Crippen molar-refractivity contribution in [2.45, 2.75) is 129 Å². The molecular formula is C71H72IrN3. The van der Waals surface area contributed by atoms with Gasteiger partial charge in [-0.1, -0.05) is 174 Å². The van der Waals surface area contributed by atoms with Gasteiger partial charge in [0, 0.05) is 18.6 Å². The Labute approximate surface area is 462 Å². The van der Waals surface area contributed by atoms with Crippen molar-refractivity contribution in [1.29, 1.82) is 0 Å². The fraction of sp³-hybridized carbons (Fsp3) is 0.282. The number of rotatable bonds is 14. The molecule has 0 N–H and O–H groups in total. The van der Waals surface area contributed by atoms with Gasteiger partial charge in [0.2, 0.25) is 0 Å². The predicted molar refractivity (Wildman–Crippen MR) is 310 cm³/mol. The number of hydrogen-bond acceptors (Lipinski definition) is 3. The third-order valence-corrected chi connectivity index (χ3v) is 15.0. The maximum Gasteiger partial charge on any atom is 3.00 e. The summed E-state index contributed by atoms with van der Waals surface area (Å²) < 4.78 is 0. The first-order chi connectivity index (χ1) is 35.1. The molecule has 0 aliphatic carbocycles. The molecule has 0 amide bonds. The minimum Gasteiger partial charge on any atom is -0.305 e. The van der Waals surface area contributed by atoms with E-state index in [0.29, 0.717) is 0 Å². The molecule has 0 spiro atoms. The van der Waals surface area contributed by atoms with E-state index in [1.807, 2.05) is 18.6 Å². The van der Waals surface area contributed by atoms with Gasteiger partial charge >= 0.3 is 20.1 Å². The molecule has 0 unspecified atom stereocenters. The Hall–Kier alpha value is -6.58. The molecule has 0 radical (unpaired) electrons. The van der Waals surface area contributed by atoms with Gasteiger partial charge in [0.1, 0.15) is 0 Å². The molecule has 3 aromatic heterocycles. The van der Waals surface area contributed by atoms with Crippen LogP contribution in [0.1, 0.15) is 128 Å². The Kier molecular flexibility index (Phi) is 16.0. The zero-order chi connectivity index (χ0) is 52.5. The van der Waals surface area contributed by atoms with Crippen LogP contribution in [-0.2, 0) is 66.4 Å². The van der Waals surface area contributed by atoms with Crippen molar-refractivity contribution in [1.82, 2.24) is 15.0 Å². The van der Waals surface area contributed by atoms with Gasteiger partial charge in [-0.2, -0.15) is 0 Å². The summed E-state index contributed by atoms with van der Waals surface area (Å²) >= 11 is 0. The number of nitrogens with zero attached hydrogens (tertiary/aromatic N) is 3. The van der Waals surface area contributed by atoms with Gasteiger partial charge in [-0.05, 0) is 132 Å². The standard InChI is InChI=1S/C71H72N3.Ir/c1-67(2,3)62-35-38-73-65(44-62)56-24-30-60(31-25-56)70(9,10)47-50-40-49(41-51(42-50)48-71(11,12)61-32-26-57(27-33-61)66-45-63(36-39-74-66)68(4,5)6)46-69(7,8)59-28-22-55(23-29-59)64-43-58(34-37-72-64)54-20-18-53(19-21-54)52-16-14-13-15-17-52;/h13-22,24,26,28-45H,46-48H2,1-12H3;/q-3;+3. The van der Waals surface area contributed by atoms with Gasteiger partial charge < -0.3 is 15.0 Å². The first-order valence-electron chi connectivity index (χ1n) is 26.3. The normalized spacial score (nSPS) is 12.3. The SMILES string of the molecule is CC(C)(C)c1ccnc(-c2[c-]cc(C(C)(C)Cc3cc(CC(C)(C)c4c[c-]c(-c5cc(-c6ccc(-c7ccccc7)cc6)ccn5)cc4)cc(CC(C)(C)c4c[c-]c(-c5cc(C(C)(C)C)ccn5)cc4)c3)cc2)c1.[Ir+3]. The van der Waals surface area contributed by atoms with Crippen molar-refractivity contribution >= 4 is 0 Å². The van der Waals surface area contributed by atoms with Crippen molar-refractivity contribution in [3.63, 3.8) is 0 Å². The van der Waals surface area contributed by atoms with Crippen LogP contribution in [0.2, 0.25) is 0 Å². The van der Waals surface area contributed by atoms with Gasteiger partial charge in [0.25, 0.3) is 0 Å². The summed E-state index contributed by atoms with van der Waals surface area (Å²) in [6.45, 7) is 27.6. The van der Waals surface area contributed by atoms with Crippen LogP contribution in [0.3, 0.4) is 0 Å². The minimum absolute atomic E-state index is 0. The van der Waals surface area contributed by atoms with E-state index in [2.05, 4.69) is 265 Å². The van der Waals surface area contributed by atoms with Crippen LogP contribution in [0, 0.1) is 18.2 Å². The Balaban J connectivity index is 0.00000747. The molecule has 75 heavy (non-hydrogen) atoms. The summed E-state index contributed by atoms with van der Waals surface area (Å²) in [6, 6.07) is 70.4. The Morgan fingerprint density at radius 1 is 0.320 bits per heavy atom. The quantitative estimate of drug-likeness (QED) is 0.102. The molecule has 0 aliphatic rings. The van der Waals surface area contributed by atoms with Crippen molar-refractivity contribution in [2.24, 2.45) is 0 Å². The number of pyridine rings is 3. The van der Waals surface area contributed by atoms with E-state index in [1.165, 1.54) is 55.6 Å². The van der Waals surface area contributed by atoms with Crippen LogP contribution < -0.4 is 0 Å². The fourth-order valence-corrected chi connectivity index (χ4v) is 10.3. The molecule has 0 fully saturated rings. The second-order valence-corrected chi connectivity index (χ2v) is 24.5. The number of hydrogen-bond donors (Lipinski definition) is 0. The second kappa shape index (κ2) is 21.9. The molecule has 4 heteroatoms. The summed E-state index contributed by atoms with van der Waals surface area (Å²) in [5, 5.41) is 0. The Morgan fingerprint density at radius 3 is 1.00 bits per heavy atom. The van der Waals surface area contributed by atoms with E-state index in [1.54, 1.807) is 0 Å². The van der Waals surface area contributed by atoms with Crippen molar-refractivity contribution in [3.8, 4) is 56.0 Å². The Bertz CT molecular complexity index is 3220. The first kappa shape index (κ1) is 54.7. The van der Waals surface area contributed by atoms with Crippen molar-refractivity contribution < 1.29 is 20.1 Å². The van der Waals surface area contributed by atoms with E-state index >= 15 is 0 Å². The van der Waals surface area contributed by atoms with Crippen LogP contribution in [0.25, 0.3) is 56.0 Å². The second-order valence-electron chi connectivity index (χ2n) is 24.5. The van der Waals surface area contributed by atoms with E-state index in [0.717, 1.165) is 64.2 Å². The molecule has 0 saturated carbocycles. The van der Waals surface area contributed by atoms with E-state index in [4.69, 9.17) is 15.0 Å². The Morgan fingerprint density at radius 2 is 0.653 bits per heavy atom. The monoisotopic (exact) mass is 1160 g/mol. The maximum atomic E-state index is 4.80. The summed E-state index contributed by atoms with van der Waals surface area (Å²) in [6.07, 6.45) is 8.39. The molecule has 0 atom stereocenters. The van der Waals surface area contributed by atoms with Gasteiger partial charge in [-0.25, -0.2) is 0 Å². The van der Waals surface area contributed by atoms with Crippen LogP contribution in [0.5, 0.6) is 0 Å². The molecule has 3 nitrogen and oxygen atoms in total. The van der Waals surface area contributed by atoms with Crippen LogP contribution >= 0.6 is 0 Å². The van der Waals surface area contributed by atoms with Gasteiger partial charge in [0.15, 0.2) is 0 Å². The molecular weight excluding hydrogens is 1090 g/mol. The van der Waals surface area contributed by atoms with Crippen LogP contribution in [0.15, 0.2) is 182 Å². The average Bonchev–Trinajstić information content (AvgIpc) is 3.38. The van der Waals surface area contributed by atoms with Crippen molar-refractivity contribution in [2.75, 3.05) is 0 Å². The summed E-state index contributed by atoms with van der Waals surface area (Å²) in [4.78, 5) is 14.3. The minimum atomic E-state index is -0.169. The molecule has 3 heterocycles. The van der Waals surface area contributed by atoms with Gasteiger partial charge in [0.05, 0.1) is 0 Å². The molecule has 380 valence electrons. The smallest absolute Gasteiger partial charge is 0.305 e. The summed E-state index contributed by atoms with van der Waals surface area (Å²) in [5.41, 5.74) is 20.5. The third-order valence-electron chi connectivity index (χ3n) is 15.0. The van der Waals surface area contributed by atoms with Crippen molar-refractivity contribution in [3.05, 3.63) is 245 Å². The van der Waals surface area contributed by atoms with Crippen LogP contribution in [0.4, 0.5) is 0 Å². The van der Waals surface area contributed by atoms with Gasteiger partial charge in [-0.3, -0.25) is 0 Å². The molecule has 0 aliphatic heterocycles. The molecule has 9 aromatic rings. The number of aromatic nitrogens is 3. The molecule has 0 saturated heterocycles. The predicted octanol–water partition coefficient (Wildman–Crippen LogP) is 17.8. The first-order valence-corrected chi connectivity index (χ1v) is 26.3. The largest absolute Gasteiger partial charge is 3.00 e. The zero-order valence-electron chi connectivity index (χ0n) is 46.1. The third kappa shape index (κ3) is 13.1. The zero-order valence-corrected chi connectivity index (χ0v) is 48.5. The fourth-order valence-electron chi connectivity index (χ4n) is 10.3. The number of benzene rings is 6. The topological polar surface area (TPSA) is 38.7 Å². The van der Waals surface area contributed by atoms with Gasteiger partial charge in [-0.15, -0.1) is 106 Å². The van der Waals surface area contributed by atoms with E-state index in [9.17, 15) is 0 Å². The summed E-state index contributed by atoms with van der Waals surface area (Å²) in [5.74, 6) is 0. The summed E-state index contributed by atoms with van der Waals surface area (Å²) in [7, 11) is 0.